The summed E-state index contributed by atoms with van der Waals surface area (Å²) in [7, 11) is -0.554. The molecular formula is C23H28BF2N3O3. The van der Waals surface area contributed by atoms with E-state index < -0.39 is 30.3 Å². The molecule has 9 heteroatoms. The Hall–Kier alpha value is -2.10. The zero-order chi connectivity index (χ0) is 23.1. The van der Waals surface area contributed by atoms with Crippen LogP contribution in [0.1, 0.15) is 52.3 Å². The predicted octanol–water partition coefficient (Wildman–Crippen LogP) is 3.05. The first-order valence-corrected chi connectivity index (χ1v) is 11.1. The number of nitrogens with zero attached hydrogens (tertiary/aromatic N) is 3. The molecule has 1 aromatic heterocycles. The number of fused-ring (bicyclic) bond motifs is 1. The maximum Gasteiger partial charge on any atom is 0.494 e. The van der Waals surface area contributed by atoms with Crippen LogP contribution in [0, 0.1) is 0 Å². The quantitative estimate of drug-likeness (QED) is 0.736. The molecule has 0 bridgehead atoms. The van der Waals surface area contributed by atoms with Gasteiger partial charge in [0.2, 0.25) is 5.95 Å². The van der Waals surface area contributed by atoms with Gasteiger partial charge in [-0.15, -0.1) is 0 Å². The Morgan fingerprint density at radius 2 is 1.81 bits per heavy atom. The topological polar surface area (TPSA) is 67.7 Å². The maximum atomic E-state index is 14.7. The van der Waals surface area contributed by atoms with Crippen molar-refractivity contribution in [1.82, 2.24) is 9.97 Å². The van der Waals surface area contributed by atoms with E-state index in [-0.39, 0.29) is 30.5 Å². The summed E-state index contributed by atoms with van der Waals surface area (Å²) in [5, 5.41) is 9.90. The normalized spacial score (nSPS) is 27.4. The molecule has 6 nitrogen and oxygen atoms in total. The van der Waals surface area contributed by atoms with E-state index in [9.17, 15) is 13.9 Å². The lowest BCUT2D eigenvalue weighted by Crippen LogP contribution is -2.59. The van der Waals surface area contributed by atoms with Crippen molar-refractivity contribution in [1.29, 1.82) is 0 Å². The standard InChI is InChI=1S/C23H28BF2N3O3/c1-13-17(30)12-29(13)20-27-18(16-9-10-23(25,26)19(16)28-20)14-7-6-8-15(11-14)24-31-21(2,3)22(4,5)32-24/h6-8,11,13,17,30H,9-10,12H2,1-5H3/t13-,17+/m0/s1. The molecule has 0 radical (unpaired) electrons. The van der Waals surface area contributed by atoms with Gasteiger partial charge in [-0.25, -0.2) is 9.97 Å². The third kappa shape index (κ3) is 3.24. The van der Waals surface area contributed by atoms with Gasteiger partial charge in [0.15, 0.2) is 0 Å². The highest BCUT2D eigenvalue weighted by atomic mass is 19.3. The number of aliphatic hydroxyl groups excluding tert-OH is 1. The van der Waals surface area contributed by atoms with Crippen molar-refractivity contribution in [2.45, 2.75) is 76.7 Å². The Kier molecular flexibility index (Phi) is 4.72. The van der Waals surface area contributed by atoms with Gasteiger partial charge < -0.3 is 19.3 Å². The van der Waals surface area contributed by atoms with Crippen LogP contribution in [0.4, 0.5) is 14.7 Å². The number of alkyl halides is 2. The minimum atomic E-state index is -2.99. The van der Waals surface area contributed by atoms with E-state index in [1.165, 1.54) is 0 Å². The second-order valence-electron chi connectivity index (χ2n) is 10.1. The van der Waals surface area contributed by atoms with Crippen molar-refractivity contribution in [2.75, 3.05) is 11.4 Å². The van der Waals surface area contributed by atoms with Crippen molar-refractivity contribution in [3.8, 4) is 11.3 Å². The van der Waals surface area contributed by atoms with Crippen LogP contribution in [-0.2, 0) is 21.7 Å². The number of hydrogen-bond acceptors (Lipinski definition) is 6. The first-order valence-electron chi connectivity index (χ1n) is 11.1. The van der Waals surface area contributed by atoms with Crippen LogP contribution in [0.25, 0.3) is 11.3 Å². The van der Waals surface area contributed by atoms with Gasteiger partial charge >= 0.3 is 7.12 Å². The highest BCUT2D eigenvalue weighted by Crippen LogP contribution is 2.45. The number of benzene rings is 1. The molecule has 3 heterocycles. The van der Waals surface area contributed by atoms with Crippen LogP contribution in [0.3, 0.4) is 0 Å². The highest BCUT2D eigenvalue weighted by molar-refractivity contribution is 6.62. The molecule has 0 spiro atoms. The fourth-order valence-electron chi connectivity index (χ4n) is 4.44. The van der Waals surface area contributed by atoms with Crippen molar-refractivity contribution >= 4 is 18.5 Å². The lowest BCUT2D eigenvalue weighted by Gasteiger charge is -2.43. The van der Waals surface area contributed by atoms with Gasteiger partial charge in [-0.1, -0.05) is 24.3 Å². The Balaban J connectivity index is 1.57. The minimum Gasteiger partial charge on any atom is -0.399 e. The van der Waals surface area contributed by atoms with Crippen molar-refractivity contribution in [3.05, 3.63) is 35.5 Å². The van der Waals surface area contributed by atoms with Crippen LogP contribution >= 0.6 is 0 Å². The van der Waals surface area contributed by atoms with Crippen LogP contribution in [0.5, 0.6) is 0 Å². The summed E-state index contributed by atoms with van der Waals surface area (Å²) in [5.41, 5.74) is 1.37. The van der Waals surface area contributed by atoms with E-state index in [2.05, 4.69) is 4.98 Å². The molecular weight excluding hydrogens is 415 g/mol. The van der Waals surface area contributed by atoms with E-state index in [1.54, 1.807) is 4.90 Å². The molecule has 32 heavy (non-hydrogen) atoms. The molecule has 3 aliphatic rings. The second kappa shape index (κ2) is 6.95. The summed E-state index contributed by atoms with van der Waals surface area (Å²) < 4.78 is 41.7. The van der Waals surface area contributed by atoms with Crippen molar-refractivity contribution < 1.29 is 23.2 Å². The third-order valence-electron chi connectivity index (χ3n) is 7.41. The number of rotatable bonds is 3. The Morgan fingerprint density at radius 1 is 1.12 bits per heavy atom. The lowest BCUT2D eigenvalue weighted by molar-refractivity contribution is -0.00603. The smallest absolute Gasteiger partial charge is 0.399 e. The van der Waals surface area contributed by atoms with Crippen LogP contribution in [0.15, 0.2) is 24.3 Å². The Bertz CT molecular complexity index is 1060. The molecule has 2 aliphatic heterocycles. The van der Waals surface area contributed by atoms with E-state index in [0.29, 0.717) is 17.8 Å². The second-order valence-corrected chi connectivity index (χ2v) is 10.1. The van der Waals surface area contributed by atoms with Gasteiger partial charge in [0.25, 0.3) is 5.92 Å². The van der Waals surface area contributed by atoms with Gasteiger partial charge in [-0.2, -0.15) is 8.78 Å². The molecule has 2 atom stereocenters. The highest BCUT2D eigenvalue weighted by Gasteiger charge is 2.52. The first kappa shape index (κ1) is 21.7. The summed E-state index contributed by atoms with van der Waals surface area (Å²) in [4.78, 5) is 10.7. The Labute approximate surface area is 187 Å². The molecule has 2 fully saturated rings. The molecule has 1 aliphatic carbocycles. The number of aliphatic hydroxyl groups is 1. The molecule has 0 unspecified atom stereocenters. The molecule has 1 aromatic carbocycles. The van der Waals surface area contributed by atoms with E-state index in [1.807, 2.05) is 58.9 Å². The predicted molar refractivity (Wildman–Crippen MR) is 118 cm³/mol. The van der Waals surface area contributed by atoms with Crippen LogP contribution < -0.4 is 10.4 Å². The average Bonchev–Trinajstić information content (AvgIpc) is 3.16. The largest absolute Gasteiger partial charge is 0.494 e. The summed E-state index contributed by atoms with van der Waals surface area (Å²) in [6.45, 7) is 10.1. The number of β-amino-alcohol motifs (C(OH)–C–C–N with tert-alkyl or cyclic N) is 1. The summed E-state index contributed by atoms with van der Waals surface area (Å²) in [6.07, 6.45) is -0.568. The summed E-state index contributed by atoms with van der Waals surface area (Å²) >= 11 is 0. The molecule has 5 rings (SSSR count). The van der Waals surface area contributed by atoms with Crippen molar-refractivity contribution in [2.24, 2.45) is 0 Å². The van der Waals surface area contributed by atoms with E-state index >= 15 is 0 Å². The number of anilines is 1. The van der Waals surface area contributed by atoms with Crippen molar-refractivity contribution in [3.63, 3.8) is 0 Å². The van der Waals surface area contributed by atoms with E-state index in [0.717, 1.165) is 11.0 Å². The van der Waals surface area contributed by atoms with Crippen LogP contribution in [0.2, 0.25) is 0 Å². The number of aromatic nitrogens is 2. The molecule has 170 valence electrons. The monoisotopic (exact) mass is 443 g/mol. The fourth-order valence-corrected chi connectivity index (χ4v) is 4.44. The Morgan fingerprint density at radius 3 is 2.44 bits per heavy atom. The minimum absolute atomic E-state index is 0.202. The van der Waals surface area contributed by atoms with Gasteiger partial charge in [0.1, 0.15) is 5.69 Å². The third-order valence-corrected chi connectivity index (χ3v) is 7.41. The van der Waals surface area contributed by atoms with Gasteiger partial charge in [0.05, 0.1) is 29.0 Å². The zero-order valence-corrected chi connectivity index (χ0v) is 19.0. The SMILES string of the molecule is C[C@H]1[C@H](O)CN1c1nc(-c2cccc(B3OC(C)(C)C(C)(C)O3)c2)c2c(n1)C(F)(F)CC2. The molecule has 0 saturated carbocycles. The lowest BCUT2D eigenvalue weighted by atomic mass is 9.78. The molecule has 2 aromatic rings. The number of hydrogen-bond donors (Lipinski definition) is 1. The first-order chi connectivity index (χ1) is 14.9. The maximum absolute atomic E-state index is 14.7. The van der Waals surface area contributed by atoms with Gasteiger partial charge in [-0.3, -0.25) is 0 Å². The molecule has 0 amide bonds. The van der Waals surface area contributed by atoms with Crippen LogP contribution in [-0.4, -0.2) is 52.1 Å². The fraction of sp³-hybridized carbons (Fsp3) is 0.565. The summed E-state index contributed by atoms with van der Waals surface area (Å²) in [6, 6.07) is 7.33. The average molecular weight is 443 g/mol. The van der Waals surface area contributed by atoms with E-state index in [4.69, 9.17) is 14.3 Å². The summed E-state index contributed by atoms with van der Waals surface area (Å²) in [5.74, 6) is -2.75. The zero-order valence-electron chi connectivity index (χ0n) is 19.0. The van der Waals surface area contributed by atoms with Gasteiger partial charge in [0, 0.05) is 24.1 Å². The molecule has 2 saturated heterocycles. The van der Waals surface area contributed by atoms with Gasteiger partial charge in [-0.05, 0) is 46.5 Å². The molecule has 1 N–H and O–H groups in total. The number of halogens is 2.